The number of Topliss-reactive ketones (excluding diaryl/α,β-unsaturated/α-hetero) is 1. The molecule has 2 aromatic rings. The van der Waals surface area contributed by atoms with Crippen molar-refractivity contribution in [3.8, 4) is 0 Å². The van der Waals surface area contributed by atoms with Crippen LogP contribution in [0, 0.1) is 12.3 Å². The number of dihydropyridines is 1. The van der Waals surface area contributed by atoms with Gasteiger partial charge in [-0.1, -0.05) is 43.6 Å². The summed E-state index contributed by atoms with van der Waals surface area (Å²) >= 11 is 6.29. The van der Waals surface area contributed by atoms with Crippen LogP contribution < -0.4 is 10.6 Å². The quantitative estimate of drug-likeness (QED) is 0.687. The molecule has 4 rings (SSSR count). The maximum atomic E-state index is 13.4. The highest BCUT2D eigenvalue weighted by atomic mass is 35.5. The highest BCUT2D eigenvalue weighted by molar-refractivity contribution is 6.30. The van der Waals surface area contributed by atoms with Gasteiger partial charge in [0.05, 0.1) is 0 Å². The number of rotatable bonds is 3. The Balaban J connectivity index is 1.80. The molecule has 160 valence electrons. The van der Waals surface area contributed by atoms with E-state index in [1.807, 2.05) is 38.1 Å². The molecule has 1 aromatic heterocycles. The number of allylic oxidation sites excluding steroid dienone is 3. The number of hydrogen-bond donors (Lipinski definition) is 2. The number of amides is 1. The second-order valence-corrected chi connectivity index (χ2v) is 9.60. The van der Waals surface area contributed by atoms with E-state index in [2.05, 4.69) is 29.5 Å². The smallest absolute Gasteiger partial charge is 0.255 e. The number of carbonyl (C=O) groups excluding carboxylic acids is 2. The second-order valence-electron chi connectivity index (χ2n) is 9.16. The van der Waals surface area contributed by atoms with Crippen LogP contribution in [0.3, 0.4) is 0 Å². The van der Waals surface area contributed by atoms with Crippen molar-refractivity contribution in [1.82, 2.24) is 10.3 Å². The van der Waals surface area contributed by atoms with Gasteiger partial charge in [-0.05, 0) is 55.0 Å². The van der Waals surface area contributed by atoms with Crippen molar-refractivity contribution >= 4 is 29.1 Å². The van der Waals surface area contributed by atoms with E-state index >= 15 is 0 Å². The molecule has 2 heterocycles. The summed E-state index contributed by atoms with van der Waals surface area (Å²) in [5, 5.41) is 6.83. The lowest BCUT2D eigenvalue weighted by Crippen LogP contribution is -2.39. The van der Waals surface area contributed by atoms with Gasteiger partial charge in [0.1, 0.15) is 5.82 Å². The molecule has 2 aliphatic rings. The van der Waals surface area contributed by atoms with Crippen molar-refractivity contribution in [1.29, 1.82) is 0 Å². The molecule has 0 radical (unpaired) electrons. The Morgan fingerprint density at radius 3 is 2.65 bits per heavy atom. The zero-order chi connectivity index (χ0) is 22.3. The van der Waals surface area contributed by atoms with E-state index in [1.54, 1.807) is 18.3 Å². The van der Waals surface area contributed by atoms with Crippen LogP contribution in [0.5, 0.6) is 0 Å². The van der Waals surface area contributed by atoms with Crippen LogP contribution in [0.25, 0.3) is 0 Å². The summed E-state index contributed by atoms with van der Waals surface area (Å²) in [4.78, 5) is 31.0. The minimum absolute atomic E-state index is 0.0648. The van der Waals surface area contributed by atoms with Crippen LogP contribution in [0.1, 0.15) is 50.7 Å². The molecule has 0 bridgehead atoms. The van der Waals surface area contributed by atoms with Crippen LogP contribution in [0.15, 0.2) is 65.1 Å². The Labute approximate surface area is 187 Å². The maximum absolute atomic E-state index is 13.4. The van der Waals surface area contributed by atoms with E-state index in [4.69, 9.17) is 11.6 Å². The number of hydrogen-bond acceptors (Lipinski definition) is 4. The largest absolute Gasteiger partial charge is 0.362 e. The molecule has 2 N–H and O–H groups in total. The van der Waals surface area contributed by atoms with E-state index in [9.17, 15) is 9.59 Å². The topological polar surface area (TPSA) is 71.1 Å². The van der Waals surface area contributed by atoms with Crippen LogP contribution in [0.4, 0.5) is 5.82 Å². The summed E-state index contributed by atoms with van der Waals surface area (Å²) in [6.07, 6.45) is 2.90. The molecule has 0 spiro atoms. The summed E-state index contributed by atoms with van der Waals surface area (Å²) in [6.45, 7) is 8.00. The molecular formula is C25H26ClN3O2. The molecule has 5 nitrogen and oxygen atoms in total. The maximum Gasteiger partial charge on any atom is 0.255 e. The number of anilines is 1. The fourth-order valence-corrected chi connectivity index (χ4v) is 4.68. The molecule has 0 unspecified atom stereocenters. The van der Waals surface area contributed by atoms with Crippen LogP contribution in [-0.4, -0.2) is 16.7 Å². The molecule has 1 aliphatic carbocycles. The van der Waals surface area contributed by atoms with E-state index in [-0.39, 0.29) is 17.1 Å². The van der Waals surface area contributed by atoms with Gasteiger partial charge in [0.2, 0.25) is 0 Å². The van der Waals surface area contributed by atoms with Gasteiger partial charge in [-0.25, -0.2) is 4.98 Å². The molecule has 0 fully saturated rings. The molecule has 0 saturated carbocycles. The molecule has 1 aliphatic heterocycles. The van der Waals surface area contributed by atoms with E-state index in [0.717, 1.165) is 28.9 Å². The molecule has 1 atom stereocenters. The standard InChI is InChI=1S/C25H26ClN3O2/c1-14-8-9-20(27-13-14)29-24(31)21-15(2)28-18-11-25(3,4)12-19(30)23(18)22(21)16-6-5-7-17(26)10-16/h5-10,13,22,28H,11-12H2,1-4H3,(H,27,29,31)/t22-/m0/s1. The zero-order valence-corrected chi connectivity index (χ0v) is 18.9. The van der Waals surface area contributed by atoms with Crippen molar-refractivity contribution in [2.75, 3.05) is 5.32 Å². The van der Waals surface area contributed by atoms with Gasteiger partial charge in [0.15, 0.2) is 5.78 Å². The first-order valence-corrected chi connectivity index (χ1v) is 10.8. The predicted molar refractivity (Wildman–Crippen MR) is 123 cm³/mol. The van der Waals surface area contributed by atoms with Crippen molar-refractivity contribution < 1.29 is 9.59 Å². The van der Waals surface area contributed by atoms with Gasteiger partial charge >= 0.3 is 0 Å². The van der Waals surface area contributed by atoms with Crippen molar-refractivity contribution in [2.24, 2.45) is 5.41 Å². The lowest BCUT2D eigenvalue weighted by atomic mass is 9.68. The monoisotopic (exact) mass is 435 g/mol. The van der Waals surface area contributed by atoms with E-state index in [0.29, 0.717) is 28.4 Å². The van der Waals surface area contributed by atoms with Gasteiger partial charge < -0.3 is 10.6 Å². The number of ketones is 1. The Morgan fingerprint density at radius 1 is 1.19 bits per heavy atom. The first-order chi connectivity index (χ1) is 14.6. The fraction of sp³-hybridized carbons (Fsp3) is 0.320. The number of nitrogens with one attached hydrogen (secondary N) is 2. The summed E-state index contributed by atoms with van der Waals surface area (Å²) in [6, 6.07) is 11.1. The molecule has 0 saturated heterocycles. The SMILES string of the molecule is CC1=C(C(=O)Nc2ccc(C)cn2)[C@H](c2cccc(Cl)c2)C2=C(CC(C)(C)CC2=O)N1. The molecule has 31 heavy (non-hydrogen) atoms. The Bertz CT molecular complexity index is 1130. The average molecular weight is 436 g/mol. The van der Waals surface area contributed by atoms with Crippen LogP contribution in [-0.2, 0) is 9.59 Å². The minimum atomic E-state index is -0.482. The second kappa shape index (κ2) is 7.97. The Hall–Kier alpha value is -2.92. The third-order valence-electron chi connectivity index (χ3n) is 5.82. The number of pyridine rings is 1. The zero-order valence-electron chi connectivity index (χ0n) is 18.2. The number of aromatic nitrogens is 1. The molecule has 1 amide bonds. The van der Waals surface area contributed by atoms with Crippen molar-refractivity contribution in [3.63, 3.8) is 0 Å². The minimum Gasteiger partial charge on any atom is -0.362 e. The molecule has 6 heteroatoms. The number of halogens is 1. The van der Waals surface area contributed by atoms with E-state index < -0.39 is 5.92 Å². The van der Waals surface area contributed by atoms with E-state index in [1.165, 1.54) is 0 Å². The Kier molecular flexibility index (Phi) is 5.48. The highest BCUT2D eigenvalue weighted by Crippen LogP contribution is 2.46. The summed E-state index contributed by atoms with van der Waals surface area (Å²) in [5.41, 5.74) is 4.51. The van der Waals surface area contributed by atoms with Gasteiger partial charge in [0.25, 0.3) is 5.91 Å². The third kappa shape index (κ3) is 4.28. The van der Waals surface area contributed by atoms with Gasteiger partial charge in [0, 0.05) is 46.1 Å². The van der Waals surface area contributed by atoms with Gasteiger partial charge in [-0.15, -0.1) is 0 Å². The van der Waals surface area contributed by atoms with Crippen molar-refractivity contribution in [3.05, 3.63) is 81.3 Å². The molecular weight excluding hydrogens is 410 g/mol. The third-order valence-corrected chi connectivity index (χ3v) is 6.05. The normalized spacial score (nSPS) is 20.3. The summed E-state index contributed by atoms with van der Waals surface area (Å²) in [7, 11) is 0. The van der Waals surface area contributed by atoms with Crippen LogP contribution in [0.2, 0.25) is 5.02 Å². The number of aryl methyl sites for hydroxylation is 1. The fourth-order valence-electron chi connectivity index (χ4n) is 4.48. The van der Waals surface area contributed by atoms with Gasteiger partial charge in [-0.2, -0.15) is 0 Å². The van der Waals surface area contributed by atoms with Gasteiger partial charge in [-0.3, -0.25) is 9.59 Å². The summed E-state index contributed by atoms with van der Waals surface area (Å²) < 4.78 is 0. The van der Waals surface area contributed by atoms with Crippen molar-refractivity contribution in [2.45, 2.75) is 46.5 Å². The number of carbonyl (C=O) groups is 2. The lowest BCUT2D eigenvalue weighted by Gasteiger charge is -2.39. The first kappa shape index (κ1) is 21.3. The average Bonchev–Trinajstić information content (AvgIpc) is 2.67. The first-order valence-electron chi connectivity index (χ1n) is 10.4. The number of nitrogens with zero attached hydrogens (tertiary/aromatic N) is 1. The van der Waals surface area contributed by atoms with Crippen LogP contribution >= 0.6 is 11.6 Å². The highest BCUT2D eigenvalue weighted by Gasteiger charge is 2.42. The predicted octanol–water partition coefficient (Wildman–Crippen LogP) is 5.29. The lowest BCUT2D eigenvalue weighted by molar-refractivity contribution is -0.118. The summed E-state index contributed by atoms with van der Waals surface area (Å²) in [5.74, 6) is -0.230. The number of benzene rings is 1. The molecule has 1 aromatic carbocycles. The Morgan fingerprint density at radius 2 is 1.97 bits per heavy atom.